The number of alkyl halides is 1. The maximum atomic E-state index is 3.90. The van der Waals surface area contributed by atoms with Crippen molar-refractivity contribution in [1.29, 1.82) is 0 Å². The number of unbranched alkanes of at least 4 members (excludes halogenated alkanes) is 1. The van der Waals surface area contributed by atoms with E-state index in [0.29, 0.717) is 4.95 Å². The van der Waals surface area contributed by atoms with Gasteiger partial charge in [-0.2, -0.15) is 0 Å². The zero-order chi connectivity index (χ0) is 13.9. The Kier molecular flexibility index (Phi) is 4.37. The second kappa shape index (κ2) is 6.23. The van der Waals surface area contributed by atoms with E-state index in [2.05, 4.69) is 76.3 Å². The van der Waals surface area contributed by atoms with Gasteiger partial charge in [0.2, 0.25) is 0 Å². The van der Waals surface area contributed by atoms with Crippen LogP contribution in [0.3, 0.4) is 0 Å². The van der Waals surface area contributed by atoms with Crippen molar-refractivity contribution >= 4 is 39.1 Å². The Labute approximate surface area is 133 Å². The fourth-order valence-electron chi connectivity index (χ4n) is 2.54. The third kappa shape index (κ3) is 2.61. The first-order valence-electron chi connectivity index (χ1n) is 7.10. The highest BCUT2D eigenvalue weighted by molar-refractivity contribution is 9.09. The lowest BCUT2D eigenvalue weighted by molar-refractivity contribution is 0.688. The largest absolute Gasteiger partial charge is 0.326 e. The highest BCUT2D eigenvalue weighted by Crippen LogP contribution is 2.49. The van der Waals surface area contributed by atoms with E-state index in [9.17, 15) is 0 Å². The number of hydrogen-bond donors (Lipinski definition) is 0. The van der Waals surface area contributed by atoms with Crippen LogP contribution < -0.4 is 4.90 Å². The van der Waals surface area contributed by atoms with Crippen molar-refractivity contribution in [3.63, 3.8) is 0 Å². The molecule has 0 aromatic heterocycles. The van der Waals surface area contributed by atoms with Crippen LogP contribution in [0.15, 0.2) is 58.3 Å². The van der Waals surface area contributed by atoms with E-state index in [1.165, 1.54) is 34.0 Å². The minimum absolute atomic E-state index is 0.352. The van der Waals surface area contributed by atoms with Gasteiger partial charge in [-0.1, -0.05) is 71.7 Å². The van der Waals surface area contributed by atoms with E-state index in [4.69, 9.17) is 0 Å². The molecular weight excluding hydrogens is 330 g/mol. The molecule has 2 aromatic rings. The van der Waals surface area contributed by atoms with Crippen molar-refractivity contribution in [3.05, 3.63) is 48.5 Å². The van der Waals surface area contributed by atoms with Crippen LogP contribution >= 0.6 is 27.7 Å². The molecule has 3 rings (SSSR count). The molecule has 3 heteroatoms. The molecule has 1 nitrogen and oxygen atoms in total. The SMILES string of the molecule is CCCCC(Br)N1c2ccccc2Sc2ccccc21. The van der Waals surface area contributed by atoms with Crippen LogP contribution in [0.5, 0.6) is 0 Å². The number of rotatable bonds is 4. The third-order valence-electron chi connectivity index (χ3n) is 3.55. The summed E-state index contributed by atoms with van der Waals surface area (Å²) in [6.07, 6.45) is 3.63. The number of fused-ring (bicyclic) bond motifs is 2. The number of anilines is 2. The Hall–Kier alpha value is -0.930. The summed E-state index contributed by atoms with van der Waals surface area (Å²) in [4.78, 5) is 5.47. The van der Waals surface area contributed by atoms with E-state index in [0.717, 1.165) is 6.42 Å². The monoisotopic (exact) mass is 347 g/mol. The summed E-state index contributed by atoms with van der Waals surface area (Å²) in [7, 11) is 0. The van der Waals surface area contributed by atoms with Crippen molar-refractivity contribution < 1.29 is 0 Å². The van der Waals surface area contributed by atoms with Gasteiger partial charge in [0.25, 0.3) is 0 Å². The topological polar surface area (TPSA) is 3.24 Å². The van der Waals surface area contributed by atoms with Crippen LogP contribution in [0, 0.1) is 0 Å². The average molecular weight is 348 g/mol. The lowest BCUT2D eigenvalue weighted by atomic mass is 10.2. The van der Waals surface area contributed by atoms with Gasteiger partial charge in [-0.25, -0.2) is 0 Å². The predicted molar refractivity (Wildman–Crippen MR) is 91.4 cm³/mol. The zero-order valence-electron chi connectivity index (χ0n) is 11.6. The molecule has 104 valence electrons. The molecular formula is C17H18BrNS. The molecule has 0 fully saturated rings. The van der Waals surface area contributed by atoms with Crippen molar-refractivity contribution in [2.45, 2.75) is 40.9 Å². The van der Waals surface area contributed by atoms with E-state index < -0.39 is 0 Å². The number of halogens is 1. The molecule has 1 atom stereocenters. The summed E-state index contributed by atoms with van der Waals surface area (Å²) in [5.41, 5.74) is 2.63. The standard InChI is InChI=1S/C17H18BrNS/c1-2-3-12-17(18)19-13-8-4-6-10-15(13)20-16-11-7-5-9-14(16)19/h4-11,17H,2-3,12H2,1H3. The van der Waals surface area contributed by atoms with Gasteiger partial charge in [-0.3, -0.25) is 0 Å². The number of para-hydroxylation sites is 2. The van der Waals surface area contributed by atoms with Gasteiger partial charge in [0, 0.05) is 9.79 Å². The molecule has 0 amide bonds. The van der Waals surface area contributed by atoms with Gasteiger partial charge in [-0.15, -0.1) is 0 Å². The maximum Gasteiger partial charge on any atom is 0.0895 e. The number of hydrogen-bond acceptors (Lipinski definition) is 2. The van der Waals surface area contributed by atoms with Crippen molar-refractivity contribution in [3.8, 4) is 0 Å². The van der Waals surface area contributed by atoms with Crippen LogP contribution in [-0.2, 0) is 0 Å². The van der Waals surface area contributed by atoms with E-state index in [-0.39, 0.29) is 0 Å². The van der Waals surface area contributed by atoms with Crippen LogP contribution in [0.25, 0.3) is 0 Å². The quantitative estimate of drug-likeness (QED) is 0.478. The maximum absolute atomic E-state index is 3.90. The molecule has 0 radical (unpaired) electrons. The first kappa shape index (κ1) is 14.0. The van der Waals surface area contributed by atoms with Gasteiger partial charge in [0.1, 0.15) is 0 Å². The molecule has 0 spiro atoms. The summed E-state index contributed by atoms with van der Waals surface area (Å²) in [6.45, 7) is 2.24. The summed E-state index contributed by atoms with van der Waals surface area (Å²) < 4.78 is 0. The van der Waals surface area contributed by atoms with Gasteiger partial charge >= 0.3 is 0 Å². The van der Waals surface area contributed by atoms with Crippen molar-refractivity contribution in [1.82, 2.24) is 0 Å². The molecule has 1 unspecified atom stereocenters. The van der Waals surface area contributed by atoms with Gasteiger partial charge in [0.15, 0.2) is 0 Å². The van der Waals surface area contributed by atoms with Crippen LogP contribution in [0.1, 0.15) is 26.2 Å². The summed E-state index contributed by atoms with van der Waals surface area (Å²) in [6, 6.07) is 17.3. The molecule has 0 saturated heterocycles. The minimum Gasteiger partial charge on any atom is -0.326 e. The average Bonchev–Trinajstić information content (AvgIpc) is 2.50. The zero-order valence-corrected chi connectivity index (χ0v) is 14.0. The second-order valence-corrected chi connectivity index (χ2v) is 7.12. The molecule has 1 aliphatic heterocycles. The van der Waals surface area contributed by atoms with E-state index in [1.54, 1.807) is 0 Å². The van der Waals surface area contributed by atoms with Crippen LogP contribution in [-0.4, -0.2) is 4.95 Å². The Morgan fingerprint density at radius 1 is 1.00 bits per heavy atom. The summed E-state index contributed by atoms with van der Waals surface area (Å²) in [5, 5.41) is 0. The first-order valence-corrected chi connectivity index (χ1v) is 8.83. The van der Waals surface area contributed by atoms with Gasteiger partial charge in [-0.05, 0) is 30.7 Å². The molecule has 0 N–H and O–H groups in total. The predicted octanol–water partition coefficient (Wildman–Crippen LogP) is 6.20. The smallest absolute Gasteiger partial charge is 0.0895 e. The lowest BCUT2D eigenvalue weighted by Gasteiger charge is -2.36. The van der Waals surface area contributed by atoms with Crippen LogP contribution in [0.2, 0.25) is 0 Å². The molecule has 2 aromatic carbocycles. The number of nitrogens with zero attached hydrogens (tertiary/aromatic N) is 1. The molecule has 0 saturated carbocycles. The second-order valence-electron chi connectivity index (χ2n) is 4.98. The van der Waals surface area contributed by atoms with Gasteiger partial charge in [0.05, 0.1) is 16.3 Å². The molecule has 0 bridgehead atoms. The normalized spacial score (nSPS) is 14.6. The Bertz CT molecular complexity index is 554. The lowest BCUT2D eigenvalue weighted by Crippen LogP contribution is -2.28. The minimum atomic E-state index is 0.352. The van der Waals surface area contributed by atoms with Crippen molar-refractivity contribution in [2.75, 3.05) is 4.90 Å². The molecule has 1 aliphatic rings. The molecule has 1 heterocycles. The third-order valence-corrected chi connectivity index (χ3v) is 5.54. The summed E-state index contributed by atoms with van der Waals surface area (Å²) in [5.74, 6) is 0. The highest BCUT2D eigenvalue weighted by atomic mass is 79.9. The fraction of sp³-hybridized carbons (Fsp3) is 0.294. The Morgan fingerprint density at radius 3 is 2.10 bits per heavy atom. The van der Waals surface area contributed by atoms with Gasteiger partial charge < -0.3 is 4.90 Å². The Morgan fingerprint density at radius 2 is 1.55 bits per heavy atom. The van der Waals surface area contributed by atoms with E-state index >= 15 is 0 Å². The highest BCUT2D eigenvalue weighted by Gasteiger charge is 2.26. The Balaban J connectivity index is 2.03. The molecule has 20 heavy (non-hydrogen) atoms. The fourth-order valence-corrected chi connectivity index (χ4v) is 4.37. The number of benzene rings is 2. The summed E-state index contributed by atoms with van der Waals surface area (Å²) >= 11 is 5.76. The van der Waals surface area contributed by atoms with Crippen molar-refractivity contribution in [2.24, 2.45) is 0 Å². The van der Waals surface area contributed by atoms with Crippen LogP contribution in [0.4, 0.5) is 11.4 Å². The molecule has 0 aliphatic carbocycles. The van der Waals surface area contributed by atoms with E-state index in [1.807, 2.05) is 11.8 Å². The first-order chi connectivity index (χ1) is 9.81.